The molecule has 0 atom stereocenters. The van der Waals surface area contributed by atoms with E-state index in [0.717, 1.165) is 16.1 Å². The predicted octanol–water partition coefficient (Wildman–Crippen LogP) is 2.86. The monoisotopic (exact) mass is 422 g/mol. The smallest absolute Gasteiger partial charge is 0.281 e. The molecule has 1 aliphatic rings. The van der Waals surface area contributed by atoms with Crippen LogP contribution in [0.1, 0.15) is 47.3 Å². The Balaban J connectivity index is 1.72. The van der Waals surface area contributed by atoms with Crippen molar-refractivity contribution in [3.63, 3.8) is 0 Å². The van der Waals surface area contributed by atoms with Gasteiger partial charge in [0.1, 0.15) is 0 Å². The van der Waals surface area contributed by atoms with Crippen LogP contribution >= 0.6 is 11.3 Å². The summed E-state index contributed by atoms with van der Waals surface area (Å²) in [5.74, 6) is -0.218. The Morgan fingerprint density at radius 1 is 1.21 bits per heavy atom. The van der Waals surface area contributed by atoms with Crippen molar-refractivity contribution in [2.45, 2.75) is 39.2 Å². The molecule has 2 heterocycles. The zero-order chi connectivity index (χ0) is 20.7. The van der Waals surface area contributed by atoms with E-state index in [1.54, 1.807) is 0 Å². The number of thiazole rings is 1. The number of nitrogens with zero attached hydrogens (tertiary/aromatic N) is 3. The minimum atomic E-state index is -3.46. The van der Waals surface area contributed by atoms with Crippen LogP contribution in [0.25, 0.3) is 0 Å². The van der Waals surface area contributed by atoms with Gasteiger partial charge in [-0.25, -0.2) is 4.98 Å². The fourth-order valence-electron chi connectivity index (χ4n) is 2.94. The van der Waals surface area contributed by atoms with Crippen molar-refractivity contribution in [2.75, 3.05) is 26.0 Å². The van der Waals surface area contributed by atoms with Crippen molar-refractivity contribution >= 4 is 32.6 Å². The summed E-state index contributed by atoms with van der Waals surface area (Å²) in [6.45, 7) is 7.05. The number of hydrogen-bond acceptors (Lipinski definition) is 5. The summed E-state index contributed by atoms with van der Waals surface area (Å²) in [5, 5.41) is 3.34. The highest BCUT2D eigenvalue weighted by atomic mass is 32.2. The van der Waals surface area contributed by atoms with Gasteiger partial charge in [-0.2, -0.15) is 17.0 Å². The number of carbonyl (C=O) groups is 1. The Hall–Kier alpha value is -1.81. The van der Waals surface area contributed by atoms with Gasteiger partial charge in [0.25, 0.3) is 16.1 Å². The fourth-order valence-corrected chi connectivity index (χ4v) is 5.12. The summed E-state index contributed by atoms with van der Waals surface area (Å²) in [4.78, 5) is 17.9. The van der Waals surface area contributed by atoms with Gasteiger partial charge >= 0.3 is 0 Å². The minimum absolute atomic E-state index is 0.0299. The highest BCUT2D eigenvalue weighted by Crippen LogP contribution is 2.30. The number of anilines is 1. The Kier molecular flexibility index (Phi) is 5.64. The normalized spacial score (nSPS) is 15.5. The van der Waals surface area contributed by atoms with E-state index in [0.29, 0.717) is 23.7 Å². The Morgan fingerprint density at radius 3 is 2.43 bits per heavy atom. The lowest BCUT2D eigenvalue weighted by molar-refractivity contribution is 0.102. The Labute approximate surface area is 170 Å². The van der Waals surface area contributed by atoms with E-state index in [1.807, 2.05) is 24.3 Å². The number of nitrogens with one attached hydrogen (secondary N) is 1. The first-order chi connectivity index (χ1) is 13.0. The molecule has 1 N–H and O–H groups in total. The van der Waals surface area contributed by atoms with Crippen LogP contribution in [-0.4, -0.2) is 48.6 Å². The quantitative estimate of drug-likeness (QED) is 0.821. The second kappa shape index (κ2) is 7.55. The first-order valence-electron chi connectivity index (χ1n) is 9.06. The largest absolute Gasteiger partial charge is 0.298 e. The SMILES string of the molecule is CN(C)S(=O)(=O)N1CCc2nc(NC(=O)c3ccc(C(C)(C)C)cc3)sc2C1. The van der Waals surface area contributed by atoms with Crippen molar-refractivity contribution in [1.29, 1.82) is 0 Å². The molecule has 2 aromatic rings. The van der Waals surface area contributed by atoms with Crippen molar-refractivity contribution in [1.82, 2.24) is 13.6 Å². The first kappa shape index (κ1) is 20.9. The number of benzene rings is 1. The lowest BCUT2D eigenvalue weighted by Crippen LogP contribution is -2.42. The lowest BCUT2D eigenvalue weighted by atomic mass is 9.87. The molecule has 1 aliphatic heterocycles. The van der Waals surface area contributed by atoms with Gasteiger partial charge < -0.3 is 0 Å². The van der Waals surface area contributed by atoms with Gasteiger partial charge in [-0.1, -0.05) is 32.9 Å². The highest BCUT2D eigenvalue weighted by molar-refractivity contribution is 7.86. The van der Waals surface area contributed by atoms with Gasteiger partial charge in [0, 0.05) is 37.5 Å². The van der Waals surface area contributed by atoms with Crippen molar-refractivity contribution in [2.24, 2.45) is 0 Å². The first-order valence-corrected chi connectivity index (χ1v) is 11.3. The maximum atomic E-state index is 12.5. The van der Waals surface area contributed by atoms with Gasteiger partial charge in [-0.3, -0.25) is 10.1 Å². The summed E-state index contributed by atoms with van der Waals surface area (Å²) in [6, 6.07) is 7.56. The molecule has 28 heavy (non-hydrogen) atoms. The summed E-state index contributed by atoms with van der Waals surface area (Å²) >= 11 is 1.33. The molecule has 1 aromatic carbocycles. The molecule has 0 spiro atoms. The molecule has 152 valence electrons. The van der Waals surface area contributed by atoms with Gasteiger partial charge in [0.2, 0.25) is 0 Å². The Morgan fingerprint density at radius 2 is 1.86 bits per heavy atom. The van der Waals surface area contributed by atoms with Crippen molar-refractivity contribution in [3.8, 4) is 0 Å². The van der Waals surface area contributed by atoms with Crippen LogP contribution in [0.3, 0.4) is 0 Å². The molecule has 0 unspecified atom stereocenters. The average Bonchev–Trinajstić information content (AvgIpc) is 3.02. The number of amides is 1. The van der Waals surface area contributed by atoms with Crippen LogP contribution in [0.4, 0.5) is 5.13 Å². The summed E-state index contributed by atoms with van der Waals surface area (Å²) in [5.41, 5.74) is 2.62. The van der Waals surface area contributed by atoms with E-state index in [9.17, 15) is 13.2 Å². The van der Waals surface area contributed by atoms with Crippen LogP contribution < -0.4 is 5.32 Å². The second-order valence-electron chi connectivity index (χ2n) is 8.04. The predicted molar refractivity (Wildman–Crippen MR) is 112 cm³/mol. The number of rotatable bonds is 4. The maximum absolute atomic E-state index is 12.5. The number of hydrogen-bond donors (Lipinski definition) is 1. The molecular weight excluding hydrogens is 396 g/mol. The fraction of sp³-hybridized carbons (Fsp3) is 0.474. The third-order valence-corrected chi connectivity index (χ3v) is 7.60. The molecule has 0 bridgehead atoms. The molecule has 0 radical (unpaired) electrons. The van der Waals surface area contributed by atoms with Crippen LogP contribution in [-0.2, 0) is 28.6 Å². The standard InChI is InChI=1S/C19H26N4O3S2/c1-19(2,3)14-8-6-13(7-9-14)17(24)21-18-20-15-10-11-23(12-16(15)27-18)28(25,26)22(4)5/h6-9H,10-12H2,1-5H3,(H,20,21,24). The third-order valence-electron chi connectivity index (χ3n) is 4.72. The number of fused-ring (bicyclic) bond motifs is 1. The number of aromatic nitrogens is 1. The van der Waals surface area contributed by atoms with Gasteiger partial charge in [0.05, 0.1) is 12.2 Å². The van der Waals surface area contributed by atoms with Crippen LogP contribution in [0, 0.1) is 0 Å². The van der Waals surface area contributed by atoms with E-state index < -0.39 is 10.2 Å². The third kappa shape index (κ3) is 4.27. The van der Waals surface area contributed by atoms with Gasteiger partial charge in [0.15, 0.2) is 5.13 Å². The molecule has 7 nitrogen and oxygen atoms in total. The molecule has 0 saturated heterocycles. The van der Waals surface area contributed by atoms with Crippen LogP contribution in [0.5, 0.6) is 0 Å². The molecule has 1 aromatic heterocycles. The van der Waals surface area contributed by atoms with E-state index >= 15 is 0 Å². The summed E-state index contributed by atoms with van der Waals surface area (Å²) < 4.78 is 27.3. The van der Waals surface area contributed by atoms with Gasteiger partial charge in [-0.05, 0) is 23.1 Å². The lowest BCUT2D eigenvalue weighted by Gasteiger charge is -2.27. The minimum Gasteiger partial charge on any atom is -0.298 e. The molecule has 0 fully saturated rings. The summed E-state index contributed by atoms with van der Waals surface area (Å²) in [7, 11) is -0.414. The van der Waals surface area contributed by atoms with E-state index in [2.05, 4.69) is 31.1 Å². The second-order valence-corrected chi connectivity index (χ2v) is 11.3. The topological polar surface area (TPSA) is 82.6 Å². The molecule has 9 heteroatoms. The zero-order valence-corrected chi connectivity index (χ0v) is 18.4. The molecule has 3 rings (SSSR count). The van der Waals surface area contributed by atoms with E-state index in [4.69, 9.17) is 0 Å². The molecular formula is C19H26N4O3S2. The van der Waals surface area contributed by atoms with E-state index in [-0.39, 0.29) is 17.9 Å². The summed E-state index contributed by atoms with van der Waals surface area (Å²) in [6.07, 6.45) is 0.537. The average molecular weight is 423 g/mol. The Bertz CT molecular complexity index is 974. The van der Waals surface area contributed by atoms with Crippen LogP contribution in [0.15, 0.2) is 24.3 Å². The maximum Gasteiger partial charge on any atom is 0.281 e. The van der Waals surface area contributed by atoms with Crippen LogP contribution in [0.2, 0.25) is 0 Å². The van der Waals surface area contributed by atoms with Gasteiger partial charge in [-0.15, -0.1) is 11.3 Å². The number of carbonyl (C=O) groups excluding carboxylic acids is 1. The van der Waals surface area contributed by atoms with Crippen molar-refractivity contribution in [3.05, 3.63) is 46.0 Å². The molecule has 1 amide bonds. The highest BCUT2D eigenvalue weighted by Gasteiger charge is 2.30. The van der Waals surface area contributed by atoms with Crippen molar-refractivity contribution < 1.29 is 13.2 Å². The molecule has 0 aliphatic carbocycles. The molecule has 0 saturated carbocycles. The van der Waals surface area contributed by atoms with E-state index in [1.165, 1.54) is 34.0 Å². The zero-order valence-electron chi connectivity index (χ0n) is 16.8.